The molecule has 2 N–H and O–H groups in total. The molecular weight excluding hydrogens is 238 g/mol. The fraction of sp³-hybridized carbons (Fsp3) is 0.643. The van der Waals surface area contributed by atoms with E-state index in [4.69, 9.17) is 5.73 Å². The molecule has 2 aromatic heterocycles. The van der Waals surface area contributed by atoms with E-state index < -0.39 is 0 Å². The fourth-order valence-electron chi connectivity index (χ4n) is 3.18. The van der Waals surface area contributed by atoms with E-state index in [-0.39, 0.29) is 6.04 Å². The van der Waals surface area contributed by atoms with Gasteiger partial charge in [0.15, 0.2) is 11.5 Å². The van der Waals surface area contributed by atoms with E-state index in [9.17, 15) is 0 Å². The van der Waals surface area contributed by atoms with E-state index in [1.165, 1.54) is 32.1 Å². The number of nitrogens with zero attached hydrogens (tertiary/aromatic N) is 4. The Balaban J connectivity index is 2.00. The van der Waals surface area contributed by atoms with Crippen molar-refractivity contribution in [1.29, 1.82) is 0 Å². The molecule has 5 heteroatoms. The lowest BCUT2D eigenvalue weighted by Crippen LogP contribution is -2.26. The summed E-state index contributed by atoms with van der Waals surface area (Å²) in [5.74, 6) is 2.31. The second-order valence-electron chi connectivity index (χ2n) is 5.62. The van der Waals surface area contributed by atoms with Gasteiger partial charge in [-0.25, -0.2) is 4.98 Å². The number of fused-ring (bicyclic) bond motifs is 1. The van der Waals surface area contributed by atoms with Crippen LogP contribution in [0.15, 0.2) is 6.07 Å². The van der Waals surface area contributed by atoms with Crippen LogP contribution in [0.25, 0.3) is 5.65 Å². The van der Waals surface area contributed by atoms with E-state index in [0.29, 0.717) is 5.92 Å². The van der Waals surface area contributed by atoms with Crippen molar-refractivity contribution >= 4 is 5.65 Å². The van der Waals surface area contributed by atoms with Crippen LogP contribution in [0.3, 0.4) is 0 Å². The monoisotopic (exact) mass is 259 g/mol. The van der Waals surface area contributed by atoms with Gasteiger partial charge in [-0.05, 0) is 32.6 Å². The first-order valence-corrected chi connectivity index (χ1v) is 7.11. The van der Waals surface area contributed by atoms with E-state index >= 15 is 0 Å². The van der Waals surface area contributed by atoms with Gasteiger partial charge in [-0.15, -0.1) is 10.2 Å². The van der Waals surface area contributed by atoms with Crippen LogP contribution in [0, 0.1) is 19.8 Å². The fourth-order valence-corrected chi connectivity index (χ4v) is 3.18. The lowest BCUT2D eigenvalue weighted by molar-refractivity contribution is 0.299. The summed E-state index contributed by atoms with van der Waals surface area (Å²) in [6.45, 7) is 3.96. The summed E-state index contributed by atoms with van der Waals surface area (Å²) in [6.07, 6.45) is 6.31. The van der Waals surface area contributed by atoms with E-state index in [2.05, 4.69) is 15.2 Å². The minimum atomic E-state index is -0.0292. The Morgan fingerprint density at radius 1 is 1.21 bits per heavy atom. The number of aromatic nitrogens is 4. The van der Waals surface area contributed by atoms with Crippen LogP contribution in [0.1, 0.15) is 55.5 Å². The summed E-state index contributed by atoms with van der Waals surface area (Å²) >= 11 is 0. The van der Waals surface area contributed by atoms with Crippen LogP contribution < -0.4 is 5.73 Å². The zero-order chi connectivity index (χ0) is 13.4. The summed E-state index contributed by atoms with van der Waals surface area (Å²) in [7, 11) is 0. The van der Waals surface area contributed by atoms with Gasteiger partial charge in [0.1, 0.15) is 5.82 Å². The van der Waals surface area contributed by atoms with Crippen molar-refractivity contribution in [3.63, 3.8) is 0 Å². The predicted octanol–water partition coefficient (Wildman–Crippen LogP) is 2.32. The Bertz CT molecular complexity index is 583. The zero-order valence-electron chi connectivity index (χ0n) is 11.6. The second-order valence-corrected chi connectivity index (χ2v) is 5.62. The molecule has 1 aliphatic carbocycles. The van der Waals surface area contributed by atoms with Crippen molar-refractivity contribution in [3.8, 4) is 0 Å². The lowest BCUT2D eigenvalue weighted by atomic mass is 9.84. The molecule has 0 aliphatic heterocycles. The van der Waals surface area contributed by atoms with Gasteiger partial charge in [0, 0.05) is 11.8 Å². The molecule has 2 aromatic rings. The van der Waals surface area contributed by atoms with Crippen molar-refractivity contribution in [2.24, 2.45) is 11.7 Å². The van der Waals surface area contributed by atoms with Crippen LogP contribution in [-0.2, 0) is 0 Å². The molecule has 5 nitrogen and oxygen atoms in total. The number of hydrogen-bond acceptors (Lipinski definition) is 4. The summed E-state index contributed by atoms with van der Waals surface area (Å²) in [5, 5.41) is 8.57. The third-order valence-electron chi connectivity index (χ3n) is 4.17. The SMILES string of the molecule is Cc1cc2nnc(C(N)C3CCCCC3)n2c(C)n1. The molecule has 1 atom stereocenters. The lowest BCUT2D eigenvalue weighted by Gasteiger charge is -2.26. The highest BCUT2D eigenvalue weighted by atomic mass is 15.3. The molecule has 0 aromatic carbocycles. The molecule has 102 valence electrons. The van der Waals surface area contributed by atoms with Crippen molar-refractivity contribution < 1.29 is 0 Å². The molecular formula is C14H21N5. The molecule has 1 unspecified atom stereocenters. The topological polar surface area (TPSA) is 69.1 Å². The first-order chi connectivity index (χ1) is 9.16. The van der Waals surface area contributed by atoms with Gasteiger partial charge in [-0.1, -0.05) is 19.3 Å². The molecule has 0 spiro atoms. The van der Waals surface area contributed by atoms with Crippen LogP contribution in [-0.4, -0.2) is 19.6 Å². The molecule has 2 heterocycles. The predicted molar refractivity (Wildman–Crippen MR) is 73.8 cm³/mol. The van der Waals surface area contributed by atoms with Gasteiger partial charge >= 0.3 is 0 Å². The maximum absolute atomic E-state index is 6.44. The highest BCUT2D eigenvalue weighted by Crippen LogP contribution is 2.32. The van der Waals surface area contributed by atoms with Gasteiger partial charge in [-0.3, -0.25) is 4.40 Å². The standard InChI is InChI=1S/C14H21N5/c1-9-8-12-17-18-14(19(12)10(2)16-9)13(15)11-6-4-3-5-7-11/h8,11,13H,3-7,15H2,1-2H3. The highest BCUT2D eigenvalue weighted by Gasteiger charge is 2.26. The van der Waals surface area contributed by atoms with Crippen LogP contribution >= 0.6 is 0 Å². The smallest absolute Gasteiger partial charge is 0.164 e. The Hall–Kier alpha value is -1.49. The molecule has 0 amide bonds. The van der Waals surface area contributed by atoms with Gasteiger partial charge in [0.05, 0.1) is 6.04 Å². The second kappa shape index (κ2) is 4.89. The molecule has 19 heavy (non-hydrogen) atoms. The molecule has 1 aliphatic rings. The maximum atomic E-state index is 6.44. The van der Waals surface area contributed by atoms with Crippen molar-refractivity contribution in [2.45, 2.75) is 52.0 Å². The van der Waals surface area contributed by atoms with Crippen LogP contribution in [0.5, 0.6) is 0 Å². The van der Waals surface area contributed by atoms with Crippen molar-refractivity contribution in [3.05, 3.63) is 23.4 Å². The molecule has 1 saturated carbocycles. The number of hydrogen-bond donors (Lipinski definition) is 1. The molecule has 0 saturated heterocycles. The Morgan fingerprint density at radius 3 is 2.68 bits per heavy atom. The Kier molecular flexibility index (Phi) is 3.22. The van der Waals surface area contributed by atoms with E-state index in [0.717, 1.165) is 23.0 Å². The summed E-state index contributed by atoms with van der Waals surface area (Å²) in [5.41, 5.74) is 8.26. The van der Waals surface area contributed by atoms with E-state index in [1.54, 1.807) is 0 Å². The number of rotatable bonds is 2. The van der Waals surface area contributed by atoms with Gasteiger partial charge in [0.2, 0.25) is 0 Å². The first-order valence-electron chi connectivity index (χ1n) is 7.11. The maximum Gasteiger partial charge on any atom is 0.164 e. The summed E-state index contributed by atoms with van der Waals surface area (Å²) < 4.78 is 2.01. The molecule has 1 fully saturated rings. The molecule has 0 bridgehead atoms. The normalized spacial score (nSPS) is 18.9. The third-order valence-corrected chi connectivity index (χ3v) is 4.17. The van der Waals surface area contributed by atoms with Gasteiger partial charge < -0.3 is 5.73 Å². The van der Waals surface area contributed by atoms with Crippen LogP contribution in [0.2, 0.25) is 0 Å². The average Bonchev–Trinajstić information content (AvgIpc) is 2.83. The average molecular weight is 259 g/mol. The van der Waals surface area contributed by atoms with Crippen molar-refractivity contribution in [2.75, 3.05) is 0 Å². The molecule has 0 radical (unpaired) electrons. The number of nitrogens with two attached hydrogens (primary N) is 1. The van der Waals surface area contributed by atoms with Crippen molar-refractivity contribution in [1.82, 2.24) is 19.6 Å². The van der Waals surface area contributed by atoms with Gasteiger partial charge in [-0.2, -0.15) is 0 Å². The zero-order valence-corrected chi connectivity index (χ0v) is 11.6. The summed E-state index contributed by atoms with van der Waals surface area (Å²) in [6, 6.07) is 1.93. The van der Waals surface area contributed by atoms with E-state index in [1.807, 2.05) is 24.3 Å². The number of aryl methyl sites for hydroxylation is 2. The largest absolute Gasteiger partial charge is 0.321 e. The minimum absolute atomic E-state index is 0.0292. The highest BCUT2D eigenvalue weighted by molar-refractivity contribution is 5.40. The minimum Gasteiger partial charge on any atom is -0.321 e. The first kappa shape index (κ1) is 12.5. The summed E-state index contributed by atoms with van der Waals surface area (Å²) in [4.78, 5) is 4.49. The third kappa shape index (κ3) is 2.23. The van der Waals surface area contributed by atoms with Crippen LogP contribution in [0.4, 0.5) is 0 Å². The Morgan fingerprint density at radius 2 is 1.95 bits per heavy atom. The quantitative estimate of drug-likeness (QED) is 0.898. The molecule has 3 rings (SSSR count). The van der Waals surface area contributed by atoms with Gasteiger partial charge in [0.25, 0.3) is 0 Å². The Labute approximate surface area is 113 Å².